The molecule has 4 nitrogen and oxygen atoms in total. The van der Waals surface area contributed by atoms with Crippen LogP contribution in [0.15, 0.2) is 64.5 Å². The summed E-state index contributed by atoms with van der Waals surface area (Å²) in [7, 11) is 0. The smallest absolute Gasteiger partial charge is 0.258 e. The van der Waals surface area contributed by atoms with Gasteiger partial charge in [0.2, 0.25) is 0 Å². The van der Waals surface area contributed by atoms with Gasteiger partial charge in [0.1, 0.15) is 5.03 Å². The summed E-state index contributed by atoms with van der Waals surface area (Å²) in [6.07, 6.45) is 0. The van der Waals surface area contributed by atoms with Gasteiger partial charge in [-0.25, -0.2) is 4.98 Å². The zero-order valence-corrected chi connectivity index (χ0v) is 12.3. The number of nitro groups is 1. The van der Waals surface area contributed by atoms with E-state index in [0.717, 1.165) is 10.9 Å². The number of nitro benzene ring substituents is 1. The Bertz CT molecular complexity index is 839. The van der Waals surface area contributed by atoms with Crippen molar-refractivity contribution in [1.82, 2.24) is 4.98 Å². The molecule has 0 saturated carbocycles. The number of aromatic nitrogens is 1. The van der Waals surface area contributed by atoms with Crippen LogP contribution in [0.3, 0.4) is 0 Å². The summed E-state index contributed by atoms with van der Waals surface area (Å²) >= 11 is 7.07. The van der Waals surface area contributed by atoms with E-state index in [-0.39, 0.29) is 5.69 Å². The molecule has 0 bridgehead atoms. The van der Waals surface area contributed by atoms with Gasteiger partial charge in [-0.2, -0.15) is 0 Å². The molecule has 3 aromatic rings. The van der Waals surface area contributed by atoms with E-state index in [2.05, 4.69) is 4.98 Å². The zero-order chi connectivity index (χ0) is 14.8. The highest BCUT2D eigenvalue weighted by atomic mass is 35.5. The minimum Gasteiger partial charge on any atom is -0.258 e. The second-order valence-corrected chi connectivity index (χ2v) is 5.81. The van der Waals surface area contributed by atoms with Gasteiger partial charge in [0.25, 0.3) is 5.69 Å². The zero-order valence-electron chi connectivity index (χ0n) is 10.7. The quantitative estimate of drug-likeness (QED) is 0.507. The maximum Gasteiger partial charge on any atom is 0.284 e. The summed E-state index contributed by atoms with van der Waals surface area (Å²) in [5.41, 5.74) is 0.849. The Kier molecular flexibility index (Phi) is 3.77. The van der Waals surface area contributed by atoms with Crippen molar-refractivity contribution in [3.63, 3.8) is 0 Å². The number of pyridine rings is 1. The number of hydrogen-bond donors (Lipinski definition) is 0. The Balaban J connectivity index is 2.00. The monoisotopic (exact) mass is 316 g/mol. The van der Waals surface area contributed by atoms with Crippen molar-refractivity contribution in [1.29, 1.82) is 0 Å². The molecule has 0 aliphatic rings. The molecule has 0 fully saturated rings. The molecule has 0 unspecified atom stereocenters. The molecule has 2 aromatic carbocycles. The van der Waals surface area contributed by atoms with Gasteiger partial charge in [0.15, 0.2) is 0 Å². The van der Waals surface area contributed by atoms with Crippen molar-refractivity contribution in [3.05, 3.63) is 69.7 Å². The SMILES string of the molecule is O=[N+]([O-])c1cc(Cl)ccc1Sc1ccc2ccccc2n1. The summed E-state index contributed by atoms with van der Waals surface area (Å²) < 4.78 is 0. The van der Waals surface area contributed by atoms with E-state index in [1.807, 2.05) is 36.4 Å². The molecule has 0 radical (unpaired) electrons. The first-order valence-electron chi connectivity index (χ1n) is 6.11. The minimum atomic E-state index is -0.435. The summed E-state index contributed by atoms with van der Waals surface area (Å²) in [6.45, 7) is 0. The Morgan fingerprint density at radius 2 is 1.90 bits per heavy atom. The van der Waals surface area contributed by atoms with Crippen LogP contribution in [0, 0.1) is 10.1 Å². The topological polar surface area (TPSA) is 56.0 Å². The van der Waals surface area contributed by atoms with Crippen molar-refractivity contribution < 1.29 is 4.92 Å². The van der Waals surface area contributed by atoms with Gasteiger partial charge in [0.05, 0.1) is 15.3 Å². The molecule has 21 heavy (non-hydrogen) atoms. The van der Waals surface area contributed by atoms with Crippen LogP contribution in [0.1, 0.15) is 0 Å². The van der Waals surface area contributed by atoms with Crippen molar-refractivity contribution >= 4 is 40.0 Å². The van der Waals surface area contributed by atoms with Gasteiger partial charge in [-0.3, -0.25) is 10.1 Å². The number of para-hydroxylation sites is 1. The minimum absolute atomic E-state index is 0.0116. The third kappa shape index (κ3) is 2.99. The highest BCUT2D eigenvalue weighted by Gasteiger charge is 2.16. The van der Waals surface area contributed by atoms with Gasteiger partial charge in [0, 0.05) is 16.5 Å². The number of fused-ring (bicyclic) bond motifs is 1. The summed E-state index contributed by atoms with van der Waals surface area (Å²) in [5.74, 6) is 0. The number of benzene rings is 2. The molecular formula is C15H9ClN2O2S. The van der Waals surface area contributed by atoms with Gasteiger partial charge in [-0.05, 0) is 24.3 Å². The van der Waals surface area contributed by atoms with E-state index in [1.54, 1.807) is 12.1 Å². The number of nitrogens with zero attached hydrogens (tertiary/aromatic N) is 2. The normalized spacial score (nSPS) is 10.7. The number of hydrogen-bond acceptors (Lipinski definition) is 4. The van der Waals surface area contributed by atoms with Crippen molar-refractivity contribution in [2.45, 2.75) is 9.92 Å². The van der Waals surface area contributed by atoms with Crippen LogP contribution in [0.2, 0.25) is 5.02 Å². The molecule has 3 rings (SSSR count). The molecule has 0 spiro atoms. The van der Waals surface area contributed by atoms with Crippen molar-refractivity contribution in [3.8, 4) is 0 Å². The lowest BCUT2D eigenvalue weighted by Crippen LogP contribution is -1.91. The molecule has 1 heterocycles. The van der Waals surface area contributed by atoms with Gasteiger partial charge in [-0.1, -0.05) is 47.6 Å². The standard InChI is InChI=1S/C15H9ClN2O2S/c16-11-6-7-14(13(9-11)18(19)20)21-15-8-5-10-3-1-2-4-12(10)17-15/h1-9H. The van der Waals surface area contributed by atoms with Crippen LogP contribution >= 0.6 is 23.4 Å². The van der Waals surface area contributed by atoms with E-state index in [4.69, 9.17) is 11.6 Å². The Hall–Kier alpha value is -2.11. The van der Waals surface area contributed by atoms with Crippen molar-refractivity contribution in [2.24, 2.45) is 0 Å². The molecule has 6 heteroatoms. The molecule has 104 valence electrons. The average Bonchev–Trinajstić information content (AvgIpc) is 2.49. The molecule has 0 amide bonds. The van der Waals surface area contributed by atoms with Gasteiger partial charge in [-0.15, -0.1) is 0 Å². The van der Waals surface area contributed by atoms with Crippen LogP contribution in [0.25, 0.3) is 10.9 Å². The lowest BCUT2D eigenvalue weighted by atomic mass is 10.2. The van der Waals surface area contributed by atoms with Crippen LogP contribution in [0.5, 0.6) is 0 Å². The second-order valence-electron chi connectivity index (χ2n) is 4.31. The third-order valence-corrected chi connectivity index (χ3v) is 4.14. The highest BCUT2D eigenvalue weighted by Crippen LogP contribution is 2.35. The van der Waals surface area contributed by atoms with Crippen molar-refractivity contribution in [2.75, 3.05) is 0 Å². The lowest BCUT2D eigenvalue weighted by molar-refractivity contribution is -0.387. The number of rotatable bonds is 3. The number of halogens is 1. The summed E-state index contributed by atoms with van der Waals surface area (Å²) in [5, 5.41) is 13.2. The first kappa shape index (κ1) is 13.9. The fourth-order valence-electron chi connectivity index (χ4n) is 1.94. The Morgan fingerprint density at radius 3 is 2.71 bits per heavy atom. The van der Waals surface area contributed by atoms with Crippen LogP contribution in [0.4, 0.5) is 5.69 Å². The maximum absolute atomic E-state index is 11.1. The lowest BCUT2D eigenvalue weighted by Gasteiger charge is -2.04. The van der Waals surface area contributed by atoms with Crippen LogP contribution < -0.4 is 0 Å². The molecular weight excluding hydrogens is 308 g/mol. The van der Waals surface area contributed by atoms with E-state index >= 15 is 0 Å². The predicted octanol–water partition coefficient (Wildman–Crippen LogP) is 4.95. The van der Waals surface area contributed by atoms with E-state index in [0.29, 0.717) is 14.9 Å². The first-order valence-corrected chi connectivity index (χ1v) is 7.30. The summed E-state index contributed by atoms with van der Waals surface area (Å²) in [6, 6.07) is 16.2. The van der Waals surface area contributed by atoms with E-state index in [9.17, 15) is 10.1 Å². The third-order valence-electron chi connectivity index (χ3n) is 2.91. The summed E-state index contributed by atoms with van der Waals surface area (Å²) in [4.78, 5) is 15.7. The average molecular weight is 317 g/mol. The largest absolute Gasteiger partial charge is 0.284 e. The molecule has 0 aliphatic heterocycles. The van der Waals surface area contributed by atoms with Gasteiger partial charge < -0.3 is 0 Å². The fourth-order valence-corrected chi connectivity index (χ4v) is 2.98. The first-order chi connectivity index (χ1) is 10.1. The second kappa shape index (κ2) is 5.71. The van der Waals surface area contributed by atoms with Crippen LogP contribution in [-0.4, -0.2) is 9.91 Å². The highest BCUT2D eigenvalue weighted by molar-refractivity contribution is 7.99. The van der Waals surface area contributed by atoms with Gasteiger partial charge >= 0.3 is 0 Å². The maximum atomic E-state index is 11.1. The predicted molar refractivity (Wildman–Crippen MR) is 84.0 cm³/mol. The Morgan fingerprint density at radius 1 is 1.10 bits per heavy atom. The molecule has 0 saturated heterocycles. The Labute approximate surface area is 129 Å². The molecule has 1 aromatic heterocycles. The van der Waals surface area contributed by atoms with E-state index < -0.39 is 4.92 Å². The van der Waals surface area contributed by atoms with E-state index in [1.165, 1.54) is 17.8 Å². The fraction of sp³-hybridized carbons (Fsp3) is 0. The molecule has 0 N–H and O–H groups in total. The molecule has 0 atom stereocenters. The molecule has 0 aliphatic carbocycles. The van der Waals surface area contributed by atoms with Crippen LogP contribution in [-0.2, 0) is 0 Å².